The number of phenols is 2. The van der Waals surface area contributed by atoms with Crippen LogP contribution >= 0.6 is 23.5 Å². The molecule has 0 spiro atoms. The normalized spacial score (nSPS) is 10.7. The Kier molecular flexibility index (Phi) is 6.67. The second kappa shape index (κ2) is 8.74. The van der Waals surface area contributed by atoms with Crippen LogP contribution < -0.4 is 0 Å². The van der Waals surface area contributed by atoms with Crippen molar-refractivity contribution in [2.75, 3.05) is 6.61 Å². The minimum atomic E-state index is -0.462. The maximum absolute atomic E-state index is 12.3. The highest BCUT2D eigenvalue weighted by atomic mass is 32.2. The summed E-state index contributed by atoms with van der Waals surface area (Å²) in [4.78, 5) is 14.0. The first-order chi connectivity index (χ1) is 11.1. The van der Waals surface area contributed by atoms with E-state index in [9.17, 15) is 15.0 Å². The van der Waals surface area contributed by atoms with Crippen LogP contribution in [0.15, 0.2) is 58.3 Å². The fourth-order valence-corrected chi connectivity index (χ4v) is 3.96. The summed E-state index contributed by atoms with van der Waals surface area (Å²) in [5, 5.41) is 18.7. The van der Waals surface area contributed by atoms with Gasteiger partial charge in [0.1, 0.15) is 11.5 Å². The Morgan fingerprint density at radius 1 is 0.957 bits per heavy atom. The first-order valence-corrected chi connectivity index (χ1v) is 8.92. The van der Waals surface area contributed by atoms with E-state index in [1.54, 1.807) is 48.5 Å². The maximum Gasteiger partial charge on any atom is 0.330 e. The standard InChI is InChI=1S/C17H18O4S2/c1-2-11-21-16(20)17(22-14-7-3-12(18)4-8-14)23-15-9-5-13(19)6-10-15/h3-10,17-19H,2,11H2,1H3. The van der Waals surface area contributed by atoms with E-state index >= 15 is 0 Å². The van der Waals surface area contributed by atoms with E-state index in [1.165, 1.54) is 23.5 Å². The zero-order valence-corrected chi connectivity index (χ0v) is 14.3. The van der Waals surface area contributed by atoms with E-state index in [1.807, 2.05) is 6.92 Å². The zero-order chi connectivity index (χ0) is 16.7. The molecule has 0 saturated carbocycles. The molecule has 2 aromatic carbocycles. The van der Waals surface area contributed by atoms with Crippen LogP contribution in [0.4, 0.5) is 0 Å². The van der Waals surface area contributed by atoms with Crippen molar-refractivity contribution in [1.82, 2.24) is 0 Å². The molecule has 4 nitrogen and oxygen atoms in total. The third-order valence-electron chi connectivity index (χ3n) is 2.80. The largest absolute Gasteiger partial charge is 0.508 e. The lowest BCUT2D eigenvalue weighted by atomic mass is 10.3. The average Bonchev–Trinajstić information content (AvgIpc) is 2.56. The number of phenolic OH excluding ortho intramolecular Hbond substituents is 2. The summed E-state index contributed by atoms with van der Waals surface area (Å²) >= 11 is 2.74. The molecule has 0 bridgehead atoms. The van der Waals surface area contributed by atoms with Crippen LogP contribution in [-0.2, 0) is 9.53 Å². The van der Waals surface area contributed by atoms with Crippen molar-refractivity contribution in [3.8, 4) is 11.5 Å². The van der Waals surface area contributed by atoms with Gasteiger partial charge in [-0.3, -0.25) is 0 Å². The third-order valence-corrected chi connectivity index (χ3v) is 5.28. The smallest absolute Gasteiger partial charge is 0.330 e. The highest BCUT2D eigenvalue weighted by Gasteiger charge is 2.23. The van der Waals surface area contributed by atoms with Gasteiger partial charge in [-0.05, 0) is 55.0 Å². The van der Waals surface area contributed by atoms with Gasteiger partial charge in [0.15, 0.2) is 4.58 Å². The van der Waals surface area contributed by atoms with E-state index in [4.69, 9.17) is 4.74 Å². The molecule has 0 heterocycles. The first kappa shape index (κ1) is 17.6. The first-order valence-electron chi connectivity index (χ1n) is 7.16. The highest BCUT2D eigenvalue weighted by Crippen LogP contribution is 2.37. The van der Waals surface area contributed by atoms with Crippen molar-refractivity contribution < 1.29 is 19.7 Å². The molecule has 0 radical (unpaired) electrons. The highest BCUT2D eigenvalue weighted by molar-refractivity contribution is 8.18. The maximum atomic E-state index is 12.3. The van der Waals surface area contributed by atoms with Gasteiger partial charge in [0, 0.05) is 9.79 Å². The van der Waals surface area contributed by atoms with Crippen molar-refractivity contribution in [3.63, 3.8) is 0 Å². The molecule has 0 aromatic heterocycles. The lowest BCUT2D eigenvalue weighted by Gasteiger charge is -2.15. The molecule has 0 saturated heterocycles. The molecule has 122 valence electrons. The molecule has 2 aromatic rings. The zero-order valence-electron chi connectivity index (χ0n) is 12.6. The Morgan fingerprint density at radius 2 is 1.39 bits per heavy atom. The molecule has 0 amide bonds. The van der Waals surface area contributed by atoms with Crippen LogP contribution in [-0.4, -0.2) is 27.4 Å². The van der Waals surface area contributed by atoms with E-state index in [0.29, 0.717) is 6.61 Å². The number of carbonyl (C=O) groups excluding carboxylic acids is 1. The van der Waals surface area contributed by atoms with E-state index in [0.717, 1.165) is 16.2 Å². The monoisotopic (exact) mass is 350 g/mol. The lowest BCUT2D eigenvalue weighted by molar-refractivity contribution is -0.141. The Balaban J connectivity index is 2.11. The Bertz CT molecular complexity index is 579. The number of thioether (sulfide) groups is 2. The molecule has 2 rings (SSSR count). The van der Waals surface area contributed by atoms with Gasteiger partial charge in [0.2, 0.25) is 0 Å². The van der Waals surface area contributed by atoms with Crippen LogP contribution in [0, 0.1) is 0 Å². The number of ether oxygens (including phenoxy) is 1. The fraction of sp³-hybridized carbons (Fsp3) is 0.235. The predicted molar refractivity (Wildman–Crippen MR) is 93.0 cm³/mol. The van der Waals surface area contributed by atoms with E-state index in [-0.39, 0.29) is 17.5 Å². The van der Waals surface area contributed by atoms with Gasteiger partial charge in [0.05, 0.1) is 6.61 Å². The summed E-state index contributed by atoms with van der Waals surface area (Å²) in [5.41, 5.74) is 0. The van der Waals surface area contributed by atoms with E-state index in [2.05, 4.69) is 0 Å². The lowest BCUT2D eigenvalue weighted by Crippen LogP contribution is -2.17. The minimum Gasteiger partial charge on any atom is -0.508 e. The summed E-state index contributed by atoms with van der Waals surface area (Å²) in [6.45, 7) is 2.34. The van der Waals surface area contributed by atoms with Crippen LogP contribution in [0.1, 0.15) is 13.3 Å². The van der Waals surface area contributed by atoms with Crippen molar-refractivity contribution >= 4 is 29.5 Å². The predicted octanol–water partition coefficient (Wildman–Crippen LogP) is 4.26. The number of hydrogen-bond acceptors (Lipinski definition) is 6. The van der Waals surface area contributed by atoms with Gasteiger partial charge < -0.3 is 14.9 Å². The summed E-state index contributed by atoms with van der Waals surface area (Å²) in [5.74, 6) is 0.0827. The number of hydrogen-bond donors (Lipinski definition) is 2. The quantitative estimate of drug-likeness (QED) is 0.442. The van der Waals surface area contributed by atoms with Gasteiger partial charge in [-0.2, -0.15) is 0 Å². The number of esters is 1. The molecule has 0 aliphatic carbocycles. The molecule has 0 atom stereocenters. The number of aromatic hydroxyl groups is 2. The van der Waals surface area contributed by atoms with Crippen LogP contribution in [0.2, 0.25) is 0 Å². The van der Waals surface area contributed by atoms with E-state index < -0.39 is 4.58 Å². The molecular weight excluding hydrogens is 332 g/mol. The van der Waals surface area contributed by atoms with Crippen molar-refractivity contribution in [2.45, 2.75) is 27.7 Å². The third kappa shape index (κ3) is 5.73. The summed E-state index contributed by atoms with van der Waals surface area (Å²) in [6.07, 6.45) is 0.770. The summed E-state index contributed by atoms with van der Waals surface area (Å²) in [7, 11) is 0. The second-order valence-electron chi connectivity index (χ2n) is 4.72. The summed E-state index contributed by atoms with van der Waals surface area (Å²) < 4.78 is 4.80. The molecule has 6 heteroatoms. The molecule has 2 N–H and O–H groups in total. The Labute approximate surface area is 143 Å². The number of rotatable bonds is 7. The SMILES string of the molecule is CCCOC(=O)C(Sc1ccc(O)cc1)Sc1ccc(O)cc1. The van der Waals surface area contributed by atoms with Gasteiger partial charge in [-0.1, -0.05) is 30.4 Å². The molecule has 0 fully saturated rings. The van der Waals surface area contributed by atoms with Crippen molar-refractivity contribution in [2.24, 2.45) is 0 Å². The Morgan fingerprint density at radius 3 is 1.78 bits per heavy atom. The van der Waals surface area contributed by atoms with Crippen LogP contribution in [0.25, 0.3) is 0 Å². The topological polar surface area (TPSA) is 66.8 Å². The van der Waals surface area contributed by atoms with Crippen LogP contribution in [0.3, 0.4) is 0 Å². The minimum absolute atomic E-state index is 0.186. The van der Waals surface area contributed by atoms with Gasteiger partial charge in [0.25, 0.3) is 0 Å². The molecule has 23 heavy (non-hydrogen) atoms. The van der Waals surface area contributed by atoms with Gasteiger partial charge in [-0.25, -0.2) is 4.79 Å². The molecule has 0 unspecified atom stereocenters. The van der Waals surface area contributed by atoms with Crippen LogP contribution in [0.5, 0.6) is 11.5 Å². The fourth-order valence-electron chi connectivity index (χ4n) is 1.69. The average molecular weight is 350 g/mol. The molecular formula is C17H18O4S2. The summed E-state index contributed by atoms with van der Waals surface area (Å²) in [6, 6.07) is 13.4. The van der Waals surface area contributed by atoms with Crippen molar-refractivity contribution in [3.05, 3.63) is 48.5 Å². The van der Waals surface area contributed by atoms with Gasteiger partial charge >= 0.3 is 5.97 Å². The number of carbonyl (C=O) groups is 1. The van der Waals surface area contributed by atoms with Gasteiger partial charge in [-0.15, -0.1) is 0 Å². The number of benzene rings is 2. The molecule has 0 aliphatic rings. The second-order valence-corrected chi connectivity index (χ2v) is 7.38. The molecule has 0 aliphatic heterocycles. The Hall–Kier alpha value is -1.79. The van der Waals surface area contributed by atoms with Crippen molar-refractivity contribution in [1.29, 1.82) is 0 Å².